The van der Waals surface area contributed by atoms with Crippen molar-refractivity contribution < 1.29 is 23.1 Å². The summed E-state index contributed by atoms with van der Waals surface area (Å²) in [5, 5.41) is 8.65. The largest absolute Gasteiger partial charge is 0.481 e. The molecule has 0 aromatic carbocycles. The van der Waals surface area contributed by atoms with Crippen molar-refractivity contribution in [3.8, 4) is 0 Å². The van der Waals surface area contributed by atoms with Gasteiger partial charge in [-0.15, -0.1) is 0 Å². The molecule has 1 rings (SSSR count). The summed E-state index contributed by atoms with van der Waals surface area (Å²) in [6.07, 6.45) is -0.215. The minimum Gasteiger partial charge on any atom is -0.481 e. The molecule has 1 aliphatic heterocycles. The smallest absolute Gasteiger partial charge is 0.304 e. The van der Waals surface area contributed by atoms with Crippen LogP contribution < -0.4 is 0 Å². The summed E-state index contributed by atoms with van der Waals surface area (Å²) in [4.78, 5) is 10.6. The molecule has 118 valence electrons. The number of ether oxygens (including phenoxy) is 1. The SMILES string of the molecule is CN(CCC(=O)O)S(=O)(=O)N1CC(C)(C)OC(C)(C)C1. The highest BCUT2D eigenvalue weighted by Gasteiger charge is 2.43. The first-order valence-electron chi connectivity index (χ1n) is 6.49. The van der Waals surface area contributed by atoms with E-state index < -0.39 is 27.4 Å². The van der Waals surface area contributed by atoms with E-state index in [1.54, 1.807) is 0 Å². The molecule has 0 atom stereocenters. The number of nitrogens with zero attached hydrogens (tertiary/aromatic N) is 2. The van der Waals surface area contributed by atoms with Gasteiger partial charge in [0.2, 0.25) is 0 Å². The maximum Gasteiger partial charge on any atom is 0.304 e. The van der Waals surface area contributed by atoms with Gasteiger partial charge in [0.05, 0.1) is 17.6 Å². The topological polar surface area (TPSA) is 87.2 Å². The third-order valence-electron chi connectivity index (χ3n) is 3.03. The van der Waals surface area contributed by atoms with Crippen LogP contribution in [-0.2, 0) is 19.7 Å². The maximum absolute atomic E-state index is 12.5. The van der Waals surface area contributed by atoms with Crippen molar-refractivity contribution >= 4 is 16.2 Å². The minimum atomic E-state index is -3.68. The zero-order valence-electron chi connectivity index (χ0n) is 12.7. The van der Waals surface area contributed by atoms with Gasteiger partial charge in [0.1, 0.15) is 0 Å². The summed E-state index contributed by atoms with van der Waals surface area (Å²) in [7, 11) is -2.28. The first kappa shape index (κ1) is 17.4. The van der Waals surface area contributed by atoms with Gasteiger partial charge in [0.15, 0.2) is 0 Å². The third kappa shape index (κ3) is 4.41. The van der Waals surface area contributed by atoms with Gasteiger partial charge in [-0.3, -0.25) is 4.79 Å². The molecule has 20 heavy (non-hydrogen) atoms. The molecule has 7 nitrogen and oxygen atoms in total. The standard InChI is InChI=1S/C12H24N2O5S/c1-11(2)8-14(9-12(3,4)19-11)20(17,18)13(5)7-6-10(15)16/h6-9H2,1-5H3,(H,15,16). The number of carbonyl (C=O) groups is 1. The molecule has 0 aromatic heterocycles. The van der Waals surface area contributed by atoms with Gasteiger partial charge in [-0.05, 0) is 27.7 Å². The Bertz CT molecular complexity index is 456. The van der Waals surface area contributed by atoms with E-state index in [2.05, 4.69) is 0 Å². The van der Waals surface area contributed by atoms with Crippen LogP contribution in [0.2, 0.25) is 0 Å². The van der Waals surface area contributed by atoms with Gasteiger partial charge in [-0.1, -0.05) is 0 Å². The van der Waals surface area contributed by atoms with Crippen molar-refractivity contribution in [1.29, 1.82) is 0 Å². The summed E-state index contributed by atoms with van der Waals surface area (Å²) in [5.41, 5.74) is -1.16. The van der Waals surface area contributed by atoms with Gasteiger partial charge < -0.3 is 9.84 Å². The van der Waals surface area contributed by atoms with E-state index in [-0.39, 0.29) is 26.1 Å². The second-order valence-electron chi connectivity index (χ2n) is 6.36. The number of hydrogen-bond acceptors (Lipinski definition) is 4. The van der Waals surface area contributed by atoms with Crippen molar-refractivity contribution in [1.82, 2.24) is 8.61 Å². The molecule has 0 amide bonds. The molecule has 1 heterocycles. The molecule has 0 aromatic rings. The summed E-state index contributed by atoms with van der Waals surface area (Å²) in [6, 6.07) is 0. The molecule has 0 saturated carbocycles. The van der Waals surface area contributed by atoms with E-state index in [0.29, 0.717) is 0 Å². The summed E-state index contributed by atoms with van der Waals surface area (Å²) in [6.45, 7) is 7.81. The average Bonchev–Trinajstić information content (AvgIpc) is 2.21. The zero-order chi connectivity index (χ0) is 15.8. The second-order valence-corrected chi connectivity index (χ2v) is 8.40. The van der Waals surface area contributed by atoms with Gasteiger partial charge >= 0.3 is 5.97 Å². The van der Waals surface area contributed by atoms with E-state index in [4.69, 9.17) is 9.84 Å². The van der Waals surface area contributed by atoms with Gasteiger partial charge in [0, 0.05) is 26.7 Å². The molecule has 8 heteroatoms. The Morgan fingerprint density at radius 2 is 1.70 bits per heavy atom. The van der Waals surface area contributed by atoms with Crippen molar-refractivity contribution in [2.75, 3.05) is 26.7 Å². The molecular formula is C12H24N2O5S. The molecule has 0 spiro atoms. The molecular weight excluding hydrogens is 284 g/mol. The Morgan fingerprint density at radius 3 is 2.10 bits per heavy atom. The number of hydrogen-bond donors (Lipinski definition) is 1. The van der Waals surface area contributed by atoms with E-state index in [0.717, 1.165) is 4.31 Å². The van der Waals surface area contributed by atoms with Crippen LogP contribution in [0.15, 0.2) is 0 Å². The fourth-order valence-electron chi connectivity index (χ4n) is 2.45. The van der Waals surface area contributed by atoms with Gasteiger partial charge in [-0.2, -0.15) is 17.0 Å². The third-order valence-corrected chi connectivity index (χ3v) is 4.91. The van der Waals surface area contributed by atoms with Gasteiger partial charge in [0.25, 0.3) is 10.2 Å². The molecule has 1 aliphatic rings. The van der Waals surface area contributed by atoms with Crippen LogP contribution >= 0.6 is 0 Å². The monoisotopic (exact) mass is 308 g/mol. The molecule has 1 fully saturated rings. The highest BCUT2D eigenvalue weighted by Crippen LogP contribution is 2.30. The Labute approximate surface area is 120 Å². The molecule has 0 bridgehead atoms. The molecule has 1 N–H and O–H groups in total. The van der Waals surface area contributed by atoms with Crippen LogP contribution in [0.25, 0.3) is 0 Å². The number of aliphatic carboxylic acids is 1. The van der Waals surface area contributed by atoms with E-state index in [1.807, 2.05) is 27.7 Å². The van der Waals surface area contributed by atoms with E-state index >= 15 is 0 Å². The fourth-order valence-corrected chi connectivity index (χ4v) is 4.11. The first-order chi connectivity index (χ1) is 8.86. The van der Waals surface area contributed by atoms with Crippen LogP contribution in [0.5, 0.6) is 0 Å². The van der Waals surface area contributed by atoms with Crippen LogP contribution in [-0.4, -0.2) is 66.0 Å². The number of rotatable bonds is 5. The zero-order valence-corrected chi connectivity index (χ0v) is 13.5. The predicted molar refractivity (Wildman–Crippen MR) is 74.6 cm³/mol. The number of morpholine rings is 1. The van der Waals surface area contributed by atoms with E-state index in [9.17, 15) is 13.2 Å². The second kappa shape index (κ2) is 5.59. The lowest BCUT2D eigenvalue weighted by Gasteiger charge is -2.47. The quantitative estimate of drug-likeness (QED) is 0.800. The molecule has 1 saturated heterocycles. The van der Waals surface area contributed by atoms with Crippen LogP contribution in [0.3, 0.4) is 0 Å². The Morgan fingerprint density at radius 1 is 1.25 bits per heavy atom. The van der Waals surface area contributed by atoms with Crippen molar-refractivity contribution in [3.63, 3.8) is 0 Å². The van der Waals surface area contributed by atoms with Gasteiger partial charge in [-0.25, -0.2) is 0 Å². The minimum absolute atomic E-state index is 0.0458. The van der Waals surface area contributed by atoms with Crippen LogP contribution in [0.4, 0.5) is 0 Å². The lowest BCUT2D eigenvalue weighted by molar-refractivity contribution is -0.164. The van der Waals surface area contributed by atoms with Crippen molar-refractivity contribution in [3.05, 3.63) is 0 Å². The van der Waals surface area contributed by atoms with Crippen LogP contribution in [0.1, 0.15) is 34.1 Å². The summed E-state index contributed by atoms with van der Waals surface area (Å²) >= 11 is 0. The Kier molecular flexibility index (Phi) is 4.85. The van der Waals surface area contributed by atoms with E-state index in [1.165, 1.54) is 11.4 Å². The fraction of sp³-hybridized carbons (Fsp3) is 0.917. The van der Waals surface area contributed by atoms with Crippen LogP contribution in [0, 0.1) is 0 Å². The maximum atomic E-state index is 12.5. The molecule has 0 aliphatic carbocycles. The van der Waals surface area contributed by atoms with Crippen molar-refractivity contribution in [2.45, 2.75) is 45.3 Å². The molecule has 0 radical (unpaired) electrons. The summed E-state index contributed by atoms with van der Waals surface area (Å²) in [5.74, 6) is -1.02. The number of carboxylic acids is 1. The highest BCUT2D eigenvalue weighted by atomic mass is 32.2. The predicted octanol–water partition coefficient (Wildman–Crippen LogP) is 0.527. The lowest BCUT2D eigenvalue weighted by Crippen LogP contribution is -2.60. The summed E-state index contributed by atoms with van der Waals surface area (Å²) < 4.78 is 33.2. The van der Waals surface area contributed by atoms with Crippen molar-refractivity contribution in [2.24, 2.45) is 0 Å². The Balaban J connectivity index is 2.88. The normalized spacial score (nSPS) is 22.9. The average molecular weight is 308 g/mol. The number of carboxylic acid groups (broad SMARTS) is 1. The highest BCUT2D eigenvalue weighted by molar-refractivity contribution is 7.86. The lowest BCUT2D eigenvalue weighted by atomic mass is 10.0. The first-order valence-corrected chi connectivity index (χ1v) is 7.89. The molecule has 0 unspecified atom stereocenters. The Hall–Kier alpha value is -0.700.